The van der Waals surface area contributed by atoms with Crippen molar-refractivity contribution in [2.45, 2.75) is 20.5 Å². The second-order valence-corrected chi connectivity index (χ2v) is 5.10. The van der Waals surface area contributed by atoms with Crippen LogP contribution in [0.25, 0.3) is 0 Å². The van der Waals surface area contributed by atoms with Gasteiger partial charge in [-0.1, -0.05) is 29.8 Å². The molecular formula is C18H19ClO4. The Morgan fingerprint density at radius 3 is 2.48 bits per heavy atom. The Hall–Kier alpha value is -2.20. The lowest BCUT2D eigenvalue weighted by molar-refractivity contribution is 0.0525. The number of halogens is 1. The smallest absolute Gasteiger partial charge is 0.338 e. The number of ether oxygens (including phenoxy) is 3. The van der Waals surface area contributed by atoms with Crippen molar-refractivity contribution in [3.8, 4) is 11.5 Å². The average molecular weight is 335 g/mol. The molecule has 4 nitrogen and oxygen atoms in total. The Morgan fingerprint density at radius 2 is 1.78 bits per heavy atom. The van der Waals surface area contributed by atoms with Crippen LogP contribution in [0.3, 0.4) is 0 Å². The van der Waals surface area contributed by atoms with Crippen LogP contribution in [-0.4, -0.2) is 19.2 Å². The van der Waals surface area contributed by atoms with Crippen molar-refractivity contribution in [3.05, 3.63) is 58.6 Å². The molecular weight excluding hydrogens is 316 g/mol. The molecule has 0 heterocycles. The first-order chi connectivity index (χ1) is 11.2. The Bertz CT molecular complexity index is 670. The third-order valence-electron chi connectivity index (χ3n) is 3.10. The van der Waals surface area contributed by atoms with Crippen molar-refractivity contribution >= 4 is 17.6 Å². The highest BCUT2D eigenvalue weighted by molar-refractivity contribution is 6.31. The lowest BCUT2D eigenvalue weighted by Crippen LogP contribution is -2.06. The summed E-state index contributed by atoms with van der Waals surface area (Å²) < 4.78 is 16.3. The van der Waals surface area contributed by atoms with Gasteiger partial charge in [0.1, 0.15) is 6.61 Å². The highest BCUT2D eigenvalue weighted by atomic mass is 35.5. The van der Waals surface area contributed by atoms with E-state index in [0.717, 1.165) is 5.56 Å². The van der Waals surface area contributed by atoms with Crippen molar-refractivity contribution in [3.63, 3.8) is 0 Å². The van der Waals surface area contributed by atoms with Gasteiger partial charge >= 0.3 is 5.97 Å². The van der Waals surface area contributed by atoms with Crippen molar-refractivity contribution in [1.29, 1.82) is 0 Å². The maximum Gasteiger partial charge on any atom is 0.338 e. The zero-order chi connectivity index (χ0) is 16.7. The van der Waals surface area contributed by atoms with Crippen LogP contribution in [0.2, 0.25) is 5.02 Å². The van der Waals surface area contributed by atoms with Crippen LogP contribution in [0.15, 0.2) is 42.5 Å². The first-order valence-corrected chi connectivity index (χ1v) is 7.83. The largest absolute Gasteiger partial charge is 0.490 e. The van der Waals surface area contributed by atoms with Gasteiger partial charge in [-0.3, -0.25) is 0 Å². The van der Waals surface area contributed by atoms with Crippen molar-refractivity contribution < 1.29 is 19.0 Å². The number of benzene rings is 2. The minimum atomic E-state index is -0.383. The van der Waals surface area contributed by atoms with E-state index in [9.17, 15) is 4.79 Å². The van der Waals surface area contributed by atoms with Crippen molar-refractivity contribution in [1.82, 2.24) is 0 Å². The summed E-state index contributed by atoms with van der Waals surface area (Å²) in [7, 11) is 0. The molecule has 0 atom stereocenters. The lowest BCUT2D eigenvalue weighted by atomic mass is 10.2. The number of hydrogen-bond acceptors (Lipinski definition) is 4. The summed E-state index contributed by atoms with van der Waals surface area (Å²) in [6, 6.07) is 12.5. The quantitative estimate of drug-likeness (QED) is 0.700. The molecule has 122 valence electrons. The number of rotatable bonds is 7. The Labute approximate surface area is 140 Å². The summed E-state index contributed by atoms with van der Waals surface area (Å²) in [5, 5.41) is 0.647. The van der Waals surface area contributed by atoms with Gasteiger partial charge in [0.05, 0.1) is 18.8 Å². The van der Waals surface area contributed by atoms with E-state index in [0.29, 0.717) is 41.9 Å². The van der Waals surface area contributed by atoms with Crippen LogP contribution in [0.1, 0.15) is 29.8 Å². The van der Waals surface area contributed by atoms with E-state index < -0.39 is 0 Å². The maximum atomic E-state index is 11.8. The minimum absolute atomic E-state index is 0.318. The van der Waals surface area contributed by atoms with E-state index in [1.807, 2.05) is 31.2 Å². The van der Waals surface area contributed by atoms with Crippen LogP contribution in [0, 0.1) is 0 Å². The molecule has 2 aromatic carbocycles. The van der Waals surface area contributed by atoms with Crippen LogP contribution < -0.4 is 9.47 Å². The molecule has 0 saturated carbocycles. The third-order valence-corrected chi connectivity index (χ3v) is 3.46. The Balaban J connectivity index is 2.17. The first-order valence-electron chi connectivity index (χ1n) is 7.45. The highest BCUT2D eigenvalue weighted by Gasteiger charge is 2.13. The van der Waals surface area contributed by atoms with E-state index >= 15 is 0 Å². The van der Waals surface area contributed by atoms with Crippen molar-refractivity contribution in [2.24, 2.45) is 0 Å². The fraction of sp³-hybridized carbons (Fsp3) is 0.278. The standard InChI is InChI=1S/C18H19ClO4/c1-3-21-17-11-13(18(20)22-4-2)9-10-16(17)23-12-14-7-5-6-8-15(14)19/h5-11H,3-4,12H2,1-2H3. The van der Waals surface area contributed by atoms with E-state index in [1.54, 1.807) is 25.1 Å². The van der Waals surface area contributed by atoms with E-state index in [4.69, 9.17) is 25.8 Å². The fourth-order valence-corrected chi connectivity index (χ4v) is 2.20. The molecule has 5 heteroatoms. The molecule has 0 fully saturated rings. The summed E-state index contributed by atoms with van der Waals surface area (Å²) in [4.78, 5) is 11.8. The van der Waals surface area contributed by atoms with Gasteiger partial charge in [0.2, 0.25) is 0 Å². The molecule has 0 N–H and O–H groups in total. The van der Waals surface area contributed by atoms with Crippen LogP contribution in [-0.2, 0) is 11.3 Å². The summed E-state index contributed by atoms with van der Waals surface area (Å²) in [6.45, 7) is 4.75. The molecule has 23 heavy (non-hydrogen) atoms. The summed E-state index contributed by atoms with van der Waals surface area (Å²) >= 11 is 6.12. The maximum absolute atomic E-state index is 11.8. The van der Waals surface area contributed by atoms with E-state index in [-0.39, 0.29) is 5.97 Å². The molecule has 0 spiro atoms. The summed E-state index contributed by atoms with van der Waals surface area (Å²) in [6.07, 6.45) is 0. The third kappa shape index (κ3) is 4.63. The molecule has 0 aromatic heterocycles. The first kappa shape index (κ1) is 17.2. The van der Waals surface area contributed by atoms with Gasteiger partial charge in [-0.2, -0.15) is 0 Å². The van der Waals surface area contributed by atoms with E-state index in [1.165, 1.54) is 0 Å². The van der Waals surface area contributed by atoms with Gasteiger partial charge in [-0.05, 0) is 38.1 Å². The average Bonchev–Trinajstić information content (AvgIpc) is 2.55. The second-order valence-electron chi connectivity index (χ2n) is 4.70. The Kier molecular flexibility index (Phi) is 6.29. The lowest BCUT2D eigenvalue weighted by Gasteiger charge is -2.13. The molecule has 0 bridgehead atoms. The zero-order valence-corrected chi connectivity index (χ0v) is 13.9. The molecule has 0 radical (unpaired) electrons. The van der Waals surface area contributed by atoms with Gasteiger partial charge in [-0.25, -0.2) is 4.79 Å². The highest BCUT2D eigenvalue weighted by Crippen LogP contribution is 2.30. The van der Waals surface area contributed by atoms with Gasteiger partial charge in [0.25, 0.3) is 0 Å². The number of carbonyl (C=O) groups excluding carboxylic acids is 1. The number of carbonyl (C=O) groups is 1. The summed E-state index contributed by atoms with van der Waals surface area (Å²) in [5.74, 6) is 0.677. The van der Waals surface area contributed by atoms with Crippen molar-refractivity contribution in [2.75, 3.05) is 13.2 Å². The molecule has 0 aliphatic heterocycles. The second kappa shape index (κ2) is 8.44. The molecule has 2 rings (SSSR count). The monoisotopic (exact) mass is 334 g/mol. The van der Waals surface area contributed by atoms with Crippen LogP contribution in [0.5, 0.6) is 11.5 Å². The molecule has 0 amide bonds. The molecule has 2 aromatic rings. The number of hydrogen-bond donors (Lipinski definition) is 0. The van der Waals surface area contributed by atoms with E-state index in [2.05, 4.69) is 0 Å². The zero-order valence-electron chi connectivity index (χ0n) is 13.2. The SMILES string of the molecule is CCOC(=O)c1ccc(OCc2ccccc2Cl)c(OCC)c1. The normalized spacial score (nSPS) is 10.2. The predicted molar refractivity (Wildman–Crippen MR) is 89.4 cm³/mol. The predicted octanol–water partition coefficient (Wildman–Crippen LogP) is 4.49. The van der Waals surface area contributed by atoms with Gasteiger partial charge in [0, 0.05) is 10.6 Å². The van der Waals surface area contributed by atoms with Gasteiger partial charge in [0.15, 0.2) is 11.5 Å². The Morgan fingerprint density at radius 1 is 1.00 bits per heavy atom. The van der Waals surface area contributed by atoms with Gasteiger partial charge in [-0.15, -0.1) is 0 Å². The number of esters is 1. The molecule has 0 aliphatic rings. The molecule has 0 aliphatic carbocycles. The minimum Gasteiger partial charge on any atom is -0.490 e. The summed E-state index contributed by atoms with van der Waals surface area (Å²) in [5.41, 5.74) is 1.31. The molecule has 0 saturated heterocycles. The van der Waals surface area contributed by atoms with Crippen LogP contribution in [0.4, 0.5) is 0 Å². The van der Waals surface area contributed by atoms with Gasteiger partial charge < -0.3 is 14.2 Å². The topological polar surface area (TPSA) is 44.8 Å². The van der Waals surface area contributed by atoms with Crippen LogP contribution >= 0.6 is 11.6 Å². The molecule has 0 unspecified atom stereocenters. The fourth-order valence-electron chi connectivity index (χ4n) is 2.01.